The van der Waals surface area contributed by atoms with Crippen LogP contribution >= 0.6 is 11.6 Å². The van der Waals surface area contributed by atoms with Crippen LogP contribution in [0, 0.1) is 0 Å². The van der Waals surface area contributed by atoms with Crippen LogP contribution in [0.3, 0.4) is 0 Å². The fraction of sp³-hybridized carbons (Fsp3) is 0.727. The lowest BCUT2D eigenvalue weighted by atomic mass is 10.3. The summed E-state index contributed by atoms with van der Waals surface area (Å²) in [6, 6.07) is 0. The van der Waals surface area contributed by atoms with Gasteiger partial charge in [-0.05, 0) is 24.9 Å². The molecule has 8 heteroatoms. The molecule has 1 fully saturated rings. The number of ether oxygens (including phenoxy) is 2. The summed E-state index contributed by atoms with van der Waals surface area (Å²) in [5, 5.41) is 6.28. The van der Waals surface area contributed by atoms with Crippen molar-refractivity contribution >= 4 is 23.5 Å². The van der Waals surface area contributed by atoms with Gasteiger partial charge in [0.1, 0.15) is 0 Å². The van der Waals surface area contributed by atoms with Gasteiger partial charge in [0.25, 0.3) is 0 Å². The van der Waals surface area contributed by atoms with Crippen molar-refractivity contribution in [1.82, 2.24) is 15.0 Å². The van der Waals surface area contributed by atoms with E-state index in [1.54, 1.807) is 0 Å². The highest BCUT2D eigenvalue weighted by molar-refractivity contribution is 6.28. The number of nitrogens with one attached hydrogen (secondary N) is 2. The van der Waals surface area contributed by atoms with E-state index in [0.717, 1.165) is 25.9 Å². The second kappa shape index (κ2) is 7.42. The Kier molecular flexibility index (Phi) is 5.56. The molecule has 1 aliphatic rings. The first-order chi connectivity index (χ1) is 9.28. The Morgan fingerprint density at radius 1 is 1.16 bits per heavy atom. The number of hydrogen-bond donors (Lipinski definition) is 2. The number of halogens is 1. The molecule has 1 aromatic rings. The highest BCUT2D eigenvalue weighted by Crippen LogP contribution is 2.12. The van der Waals surface area contributed by atoms with E-state index < -0.39 is 0 Å². The third kappa shape index (κ3) is 4.77. The van der Waals surface area contributed by atoms with Crippen LogP contribution in [0.2, 0.25) is 5.28 Å². The first-order valence-corrected chi connectivity index (χ1v) is 6.78. The van der Waals surface area contributed by atoms with Gasteiger partial charge in [-0.15, -0.1) is 0 Å². The van der Waals surface area contributed by atoms with Crippen LogP contribution in [0.25, 0.3) is 0 Å². The Morgan fingerprint density at radius 2 is 1.84 bits per heavy atom. The fourth-order valence-corrected chi connectivity index (χ4v) is 1.87. The molecule has 0 aliphatic carbocycles. The predicted molar refractivity (Wildman–Crippen MR) is 72.4 cm³/mol. The molecule has 0 amide bonds. The summed E-state index contributed by atoms with van der Waals surface area (Å²) in [6.45, 7) is 4.80. The number of nitrogens with zero attached hydrogens (tertiary/aromatic N) is 3. The van der Waals surface area contributed by atoms with Gasteiger partial charge in [-0.3, -0.25) is 0 Å². The van der Waals surface area contributed by atoms with E-state index in [0.29, 0.717) is 25.1 Å². The monoisotopic (exact) mass is 287 g/mol. The third-order valence-corrected chi connectivity index (χ3v) is 2.70. The fourth-order valence-electron chi connectivity index (χ4n) is 1.71. The van der Waals surface area contributed by atoms with Gasteiger partial charge in [-0.2, -0.15) is 15.0 Å². The van der Waals surface area contributed by atoms with E-state index in [1.807, 2.05) is 6.92 Å². The van der Waals surface area contributed by atoms with Gasteiger partial charge in [-0.1, -0.05) is 0 Å². The molecule has 1 saturated heterocycles. The van der Waals surface area contributed by atoms with E-state index in [9.17, 15) is 0 Å². The summed E-state index contributed by atoms with van der Waals surface area (Å²) < 4.78 is 10.7. The standard InChI is InChI=1S/C11H18ClN5O2/c1-2-13-10-15-9(12)16-11(17-10)14-5-3-4-8-18-6-7-19-8/h8H,2-7H2,1H3,(H2,13,14,15,16,17). The minimum atomic E-state index is -0.0685. The third-order valence-electron chi connectivity index (χ3n) is 2.53. The van der Waals surface area contributed by atoms with Crippen molar-refractivity contribution in [1.29, 1.82) is 0 Å². The zero-order valence-electron chi connectivity index (χ0n) is 10.9. The summed E-state index contributed by atoms with van der Waals surface area (Å²) in [5.74, 6) is 0.955. The van der Waals surface area contributed by atoms with Gasteiger partial charge in [0.15, 0.2) is 6.29 Å². The van der Waals surface area contributed by atoms with Crippen LogP contribution < -0.4 is 10.6 Å². The molecule has 2 rings (SSSR count). The molecule has 0 saturated carbocycles. The normalized spacial score (nSPS) is 15.7. The average Bonchev–Trinajstić information content (AvgIpc) is 2.87. The van der Waals surface area contributed by atoms with E-state index in [4.69, 9.17) is 21.1 Å². The molecule has 0 unspecified atom stereocenters. The largest absolute Gasteiger partial charge is 0.354 e. The number of aromatic nitrogens is 3. The van der Waals surface area contributed by atoms with Gasteiger partial charge in [0.05, 0.1) is 13.2 Å². The van der Waals surface area contributed by atoms with Crippen molar-refractivity contribution in [3.05, 3.63) is 5.28 Å². The number of anilines is 2. The molecule has 0 atom stereocenters. The minimum absolute atomic E-state index is 0.0685. The van der Waals surface area contributed by atoms with Crippen LogP contribution in [0.4, 0.5) is 11.9 Å². The van der Waals surface area contributed by atoms with Gasteiger partial charge in [0, 0.05) is 19.5 Å². The van der Waals surface area contributed by atoms with Crippen LogP contribution in [-0.4, -0.2) is 47.5 Å². The Bertz CT molecular complexity index is 401. The Balaban J connectivity index is 1.75. The second-order valence-corrected chi connectivity index (χ2v) is 4.36. The first kappa shape index (κ1) is 14.2. The molecule has 0 bridgehead atoms. The molecule has 7 nitrogen and oxygen atoms in total. The second-order valence-electron chi connectivity index (χ2n) is 4.02. The quantitative estimate of drug-likeness (QED) is 0.736. The van der Waals surface area contributed by atoms with E-state index >= 15 is 0 Å². The lowest BCUT2D eigenvalue weighted by Gasteiger charge is -2.10. The highest BCUT2D eigenvalue weighted by atomic mass is 35.5. The van der Waals surface area contributed by atoms with Crippen LogP contribution in [-0.2, 0) is 9.47 Å². The molecule has 0 aromatic carbocycles. The summed E-state index contributed by atoms with van der Waals surface area (Å²) >= 11 is 5.82. The molecule has 106 valence electrons. The molecule has 1 aliphatic heterocycles. The molecular formula is C11H18ClN5O2. The minimum Gasteiger partial charge on any atom is -0.354 e. The van der Waals surface area contributed by atoms with E-state index in [2.05, 4.69) is 25.6 Å². The van der Waals surface area contributed by atoms with Crippen LogP contribution in [0.5, 0.6) is 0 Å². The first-order valence-electron chi connectivity index (χ1n) is 6.40. The number of hydrogen-bond acceptors (Lipinski definition) is 7. The van der Waals surface area contributed by atoms with Gasteiger partial charge in [-0.25, -0.2) is 0 Å². The number of rotatable bonds is 7. The van der Waals surface area contributed by atoms with Crippen molar-refractivity contribution in [2.24, 2.45) is 0 Å². The topological polar surface area (TPSA) is 81.2 Å². The van der Waals surface area contributed by atoms with Gasteiger partial charge < -0.3 is 20.1 Å². The SMILES string of the molecule is CCNc1nc(Cl)nc(NCCCC2OCCO2)n1. The zero-order chi connectivity index (χ0) is 13.5. The van der Waals surface area contributed by atoms with Crippen molar-refractivity contribution in [2.75, 3.05) is 36.9 Å². The Hall–Kier alpha value is -1.18. The molecule has 2 heterocycles. The zero-order valence-corrected chi connectivity index (χ0v) is 11.6. The van der Waals surface area contributed by atoms with E-state index in [1.165, 1.54) is 0 Å². The molecule has 19 heavy (non-hydrogen) atoms. The highest BCUT2D eigenvalue weighted by Gasteiger charge is 2.14. The van der Waals surface area contributed by atoms with Crippen molar-refractivity contribution in [3.8, 4) is 0 Å². The molecule has 0 radical (unpaired) electrons. The summed E-state index contributed by atoms with van der Waals surface area (Å²) in [4.78, 5) is 12.2. The van der Waals surface area contributed by atoms with Crippen LogP contribution in [0.1, 0.15) is 19.8 Å². The van der Waals surface area contributed by atoms with Gasteiger partial charge >= 0.3 is 0 Å². The van der Waals surface area contributed by atoms with Crippen molar-refractivity contribution < 1.29 is 9.47 Å². The summed E-state index contributed by atoms with van der Waals surface area (Å²) in [6.07, 6.45) is 1.69. The lowest BCUT2D eigenvalue weighted by Crippen LogP contribution is -2.13. The predicted octanol–water partition coefficient (Wildman–Crippen LogP) is 1.52. The molecule has 0 spiro atoms. The van der Waals surface area contributed by atoms with Crippen LogP contribution in [0.15, 0.2) is 0 Å². The maximum absolute atomic E-state index is 5.82. The Labute approximate surface area is 117 Å². The average molecular weight is 288 g/mol. The lowest BCUT2D eigenvalue weighted by molar-refractivity contribution is -0.0470. The smallest absolute Gasteiger partial charge is 0.228 e. The molecular weight excluding hydrogens is 270 g/mol. The maximum atomic E-state index is 5.82. The maximum Gasteiger partial charge on any atom is 0.228 e. The van der Waals surface area contributed by atoms with Gasteiger partial charge in [0.2, 0.25) is 17.2 Å². The Morgan fingerprint density at radius 3 is 2.53 bits per heavy atom. The molecule has 2 N–H and O–H groups in total. The van der Waals surface area contributed by atoms with Crippen molar-refractivity contribution in [2.45, 2.75) is 26.1 Å². The van der Waals surface area contributed by atoms with E-state index in [-0.39, 0.29) is 11.6 Å². The van der Waals surface area contributed by atoms with Crippen molar-refractivity contribution in [3.63, 3.8) is 0 Å². The summed E-state index contributed by atoms with van der Waals surface area (Å²) in [7, 11) is 0. The summed E-state index contributed by atoms with van der Waals surface area (Å²) in [5.41, 5.74) is 0. The molecule has 1 aromatic heterocycles.